The topological polar surface area (TPSA) is 39.6 Å². The first-order chi connectivity index (χ1) is 5.81. The number of aromatic nitrogens is 1. The van der Waals surface area contributed by atoms with Crippen LogP contribution in [0.15, 0.2) is 6.07 Å². The number of H-pyrrole nitrogens is 1. The smallest absolute Gasteiger partial charge is 0.121 e. The van der Waals surface area contributed by atoms with Crippen molar-refractivity contribution in [1.82, 2.24) is 4.98 Å². The Morgan fingerprint density at radius 2 is 2.33 bits per heavy atom. The molecule has 0 spiro atoms. The third kappa shape index (κ3) is 1.05. The molecule has 1 N–H and O–H groups in total. The highest BCUT2D eigenvalue weighted by Gasteiger charge is 2.12. The molecule has 0 aliphatic heterocycles. The molecule has 0 aromatic carbocycles. The van der Waals surface area contributed by atoms with Crippen LogP contribution in [0, 0.1) is 16.0 Å². The Bertz CT molecular complexity index is 412. The molecule has 2 nitrogen and oxygen atoms in total. The molecule has 3 heteroatoms. The van der Waals surface area contributed by atoms with Gasteiger partial charge in [0.2, 0.25) is 0 Å². The van der Waals surface area contributed by atoms with Crippen molar-refractivity contribution >= 4 is 12.2 Å². The van der Waals surface area contributed by atoms with Gasteiger partial charge in [0.05, 0.1) is 5.56 Å². The lowest BCUT2D eigenvalue weighted by molar-refractivity contribution is 0.898. The largest absolute Gasteiger partial charge is 0.349 e. The SMILES string of the molecule is N#Cc1cc2c([nH]c1=S)CCC2. The Morgan fingerprint density at radius 1 is 1.50 bits per heavy atom. The van der Waals surface area contributed by atoms with Gasteiger partial charge < -0.3 is 4.98 Å². The van der Waals surface area contributed by atoms with E-state index in [9.17, 15) is 0 Å². The number of aromatic amines is 1. The summed E-state index contributed by atoms with van der Waals surface area (Å²) in [5.74, 6) is 0. The molecule has 0 bridgehead atoms. The van der Waals surface area contributed by atoms with Gasteiger partial charge in [0.25, 0.3) is 0 Å². The Balaban J connectivity index is 2.67. The van der Waals surface area contributed by atoms with E-state index < -0.39 is 0 Å². The first kappa shape index (κ1) is 7.51. The zero-order chi connectivity index (χ0) is 8.55. The molecule has 2 rings (SSSR count). The minimum atomic E-state index is 0.582. The van der Waals surface area contributed by atoms with Gasteiger partial charge in [-0.3, -0.25) is 0 Å². The van der Waals surface area contributed by atoms with Crippen LogP contribution in [0.1, 0.15) is 23.2 Å². The highest BCUT2D eigenvalue weighted by molar-refractivity contribution is 7.71. The van der Waals surface area contributed by atoms with Crippen LogP contribution in [0.2, 0.25) is 0 Å². The van der Waals surface area contributed by atoms with E-state index in [1.54, 1.807) is 0 Å². The van der Waals surface area contributed by atoms with E-state index in [4.69, 9.17) is 17.5 Å². The van der Waals surface area contributed by atoms with Gasteiger partial charge in [-0.25, -0.2) is 0 Å². The molecular weight excluding hydrogens is 168 g/mol. The van der Waals surface area contributed by atoms with Crippen molar-refractivity contribution in [3.63, 3.8) is 0 Å². The monoisotopic (exact) mass is 176 g/mol. The summed E-state index contributed by atoms with van der Waals surface area (Å²) in [6, 6.07) is 4.01. The Kier molecular flexibility index (Phi) is 1.70. The maximum absolute atomic E-state index is 8.71. The quantitative estimate of drug-likeness (QED) is 0.615. The Hall–Kier alpha value is -1.14. The van der Waals surface area contributed by atoms with E-state index in [-0.39, 0.29) is 0 Å². The van der Waals surface area contributed by atoms with E-state index in [0.717, 1.165) is 12.8 Å². The first-order valence-electron chi connectivity index (χ1n) is 3.96. The van der Waals surface area contributed by atoms with Crippen molar-refractivity contribution in [2.24, 2.45) is 0 Å². The molecule has 0 fully saturated rings. The fourth-order valence-corrected chi connectivity index (χ4v) is 1.82. The molecule has 1 heterocycles. The number of nitriles is 1. The van der Waals surface area contributed by atoms with Gasteiger partial charge in [-0.2, -0.15) is 5.26 Å². The fourth-order valence-electron chi connectivity index (χ4n) is 1.60. The maximum Gasteiger partial charge on any atom is 0.121 e. The van der Waals surface area contributed by atoms with Crippen LogP contribution < -0.4 is 0 Å². The number of nitrogens with zero attached hydrogens (tertiary/aromatic N) is 1. The molecule has 0 atom stereocenters. The lowest BCUT2D eigenvalue weighted by atomic mass is 10.2. The molecule has 0 saturated carbocycles. The van der Waals surface area contributed by atoms with Crippen molar-refractivity contribution < 1.29 is 0 Å². The van der Waals surface area contributed by atoms with Crippen LogP contribution >= 0.6 is 12.2 Å². The predicted octanol–water partition coefficient (Wildman–Crippen LogP) is 2.10. The molecule has 1 aliphatic carbocycles. The van der Waals surface area contributed by atoms with Crippen molar-refractivity contribution in [1.29, 1.82) is 5.26 Å². The molecule has 1 aromatic heterocycles. The minimum absolute atomic E-state index is 0.582. The molecule has 0 saturated heterocycles. The normalized spacial score (nSPS) is 13.9. The van der Waals surface area contributed by atoms with Crippen LogP contribution in [0.4, 0.5) is 0 Å². The van der Waals surface area contributed by atoms with E-state index in [2.05, 4.69) is 11.1 Å². The van der Waals surface area contributed by atoms with E-state index in [1.165, 1.54) is 17.7 Å². The van der Waals surface area contributed by atoms with Gasteiger partial charge >= 0.3 is 0 Å². The molecule has 0 amide bonds. The number of nitrogens with one attached hydrogen (secondary N) is 1. The number of rotatable bonds is 0. The summed E-state index contributed by atoms with van der Waals surface area (Å²) in [6.45, 7) is 0. The van der Waals surface area contributed by atoms with Crippen LogP contribution in [-0.4, -0.2) is 4.98 Å². The average molecular weight is 176 g/mol. The van der Waals surface area contributed by atoms with Crippen LogP contribution in [-0.2, 0) is 12.8 Å². The fraction of sp³-hybridized carbons (Fsp3) is 0.333. The maximum atomic E-state index is 8.71. The highest BCUT2D eigenvalue weighted by Crippen LogP contribution is 2.20. The second-order valence-corrected chi connectivity index (χ2v) is 3.39. The molecule has 0 radical (unpaired) electrons. The molecule has 1 aliphatic rings. The number of aryl methyl sites for hydroxylation is 2. The number of pyridine rings is 1. The second kappa shape index (κ2) is 2.72. The standard InChI is InChI=1S/C9H8N2S/c10-5-7-4-6-2-1-3-8(6)11-9(7)12/h4H,1-3H2,(H,11,12). The van der Waals surface area contributed by atoms with Crippen LogP contribution in [0.3, 0.4) is 0 Å². The van der Waals surface area contributed by atoms with Crippen LogP contribution in [0.5, 0.6) is 0 Å². The summed E-state index contributed by atoms with van der Waals surface area (Å²) >= 11 is 5.01. The molecular formula is C9H8N2S. The predicted molar refractivity (Wildman–Crippen MR) is 48.4 cm³/mol. The Morgan fingerprint density at radius 3 is 3.08 bits per heavy atom. The zero-order valence-electron chi connectivity index (χ0n) is 6.55. The summed E-state index contributed by atoms with van der Waals surface area (Å²) in [6.07, 6.45) is 3.33. The second-order valence-electron chi connectivity index (χ2n) is 2.98. The van der Waals surface area contributed by atoms with E-state index in [1.807, 2.05) is 6.07 Å². The summed E-state index contributed by atoms with van der Waals surface area (Å²) in [7, 11) is 0. The number of hydrogen-bond acceptors (Lipinski definition) is 2. The van der Waals surface area contributed by atoms with E-state index >= 15 is 0 Å². The van der Waals surface area contributed by atoms with E-state index in [0.29, 0.717) is 10.2 Å². The van der Waals surface area contributed by atoms with Gasteiger partial charge in [-0.1, -0.05) is 12.2 Å². The van der Waals surface area contributed by atoms with Crippen molar-refractivity contribution in [2.45, 2.75) is 19.3 Å². The minimum Gasteiger partial charge on any atom is -0.349 e. The van der Waals surface area contributed by atoms with Gasteiger partial charge in [-0.05, 0) is 30.9 Å². The van der Waals surface area contributed by atoms with Gasteiger partial charge in [0, 0.05) is 5.69 Å². The molecule has 12 heavy (non-hydrogen) atoms. The van der Waals surface area contributed by atoms with Crippen molar-refractivity contribution in [2.75, 3.05) is 0 Å². The molecule has 0 unspecified atom stereocenters. The van der Waals surface area contributed by atoms with Gasteiger partial charge in [-0.15, -0.1) is 0 Å². The number of hydrogen-bond donors (Lipinski definition) is 1. The van der Waals surface area contributed by atoms with Crippen molar-refractivity contribution in [3.05, 3.63) is 27.5 Å². The zero-order valence-corrected chi connectivity index (χ0v) is 7.37. The lowest BCUT2D eigenvalue weighted by Crippen LogP contribution is -1.91. The van der Waals surface area contributed by atoms with Crippen molar-refractivity contribution in [3.8, 4) is 6.07 Å². The van der Waals surface area contributed by atoms with Gasteiger partial charge in [0.15, 0.2) is 0 Å². The molecule has 60 valence electrons. The summed E-state index contributed by atoms with van der Waals surface area (Å²) < 4.78 is 0.582. The Labute approximate surface area is 75.9 Å². The third-order valence-electron chi connectivity index (χ3n) is 2.21. The average Bonchev–Trinajstić information content (AvgIpc) is 2.49. The summed E-state index contributed by atoms with van der Waals surface area (Å²) in [4.78, 5) is 3.10. The summed E-state index contributed by atoms with van der Waals surface area (Å²) in [5.41, 5.74) is 3.09. The molecule has 1 aromatic rings. The summed E-state index contributed by atoms with van der Waals surface area (Å²) in [5, 5.41) is 8.71. The third-order valence-corrected chi connectivity index (χ3v) is 2.53. The van der Waals surface area contributed by atoms with Gasteiger partial charge in [0.1, 0.15) is 10.7 Å². The lowest BCUT2D eigenvalue weighted by Gasteiger charge is -1.98. The van der Waals surface area contributed by atoms with Crippen LogP contribution in [0.25, 0.3) is 0 Å². The number of fused-ring (bicyclic) bond motifs is 1. The highest BCUT2D eigenvalue weighted by atomic mass is 32.1. The first-order valence-corrected chi connectivity index (χ1v) is 4.37.